The van der Waals surface area contributed by atoms with Gasteiger partial charge < -0.3 is 5.32 Å². The van der Waals surface area contributed by atoms with E-state index < -0.39 is 0 Å². The Balaban J connectivity index is 2.16. The highest BCUT2D eigenvalue weighted by molar-refractivity contribution is 9.10. The molecule has 0 fully saturated rings. The van der Waals surface area contributed by atoms with Gasteiger partial charge in [-0.25, -0.2) is 9.97 Å². The second-order valence-electron chi connectivity index (χ2n) is 3.64. The minimum absolute atomic E-state index is 0.244. The van der Waals surface area contributed by atoms with E-state index in [4.69, 9.17) is 11.6 Å². The molecule has 0 spiro atoms. The van der Waals surface area contributed by atoms with Crippen LogP contribution in [0.15, 0.2) is 35.2 Å². The molecule has 6 heteroatoms. The van der Waals surface area contributed by atoms with Gasteiger partial charge in [0, 0.05) is 10.6 Å². The molecule has 0 aliphatic rings. The minimum atomic E-state index is -0.244. The summed E-state index contributed by atoms with van der Waals surface area (Å²) in [6.07, 6.45) is 2.99. The van der Waals surface area contributed by atoms with Crippen LogP contribution in [0.5, 0.6) is 0 Å². The van der Waals surface area contributed by atoms with E-state index in [2.05, 4.69) is 31.2 Å². The van der Waals surface area contributed by atoms with E-state index in [0.29, 0.717) is 21.0 Å². The van der Waals surface area contributed by atoms with Gasteiger partial charge in [0.05, 0.1) is 12.4 Å². The average molecular weight is 327 g/mol. The van der Waals surface area contributed by atoms with Crippen LogP contribution in [0.1, 0.15) is 15.9 Å². The lowest BCUT2D eigenvalue weighted by atomic mass is 10.1. The molecule has 18 heavy (non-hydrogen) atoms. The van der Waals surface area contributed by atoms with Crippen molar-refractivity contribution in [1.82, 2.24) is 9.97 Å². The lowest BCUT2D eigenvalue weighted by Gasteiger charge is -2.05. The molecule has 0 aliphatic heterocycles. The van der Waals surface area contributed by atoms with Crippen LogP contribution in [0, 0.1) is 6.92 Å². The first-order valence-electron chi connectivity index (χ1n) is 5.11. The molecule has 0 bridgehead atoms. The van der Waals surface area contributed by atoms with Gasteiger partial charge in [0.2, 0.25) is 0 Å². The van der Waals surface area contributed by atoms with Crippen molar-refractivity contribution in [1.29, 1.82) is 0 Å². The summed E-state index contributed by atoms with van der Waals surface area (Å²) in [5, 5.41) is 3.29. The number of anilines is 1. The zero-order valence-electron chi connectivity index (χ0n) is 9.45. The van der Waals surface area contributed by atoms with Crippen LogP contribution in [0.25, 0.3) is 0 Å². The van der Waals surface area contributed by atoms with Crippen LogP contribution in [0.3, 0.4) is 0 Å². The van der Waals surface area contributed by atoms with E-state index in [0.717, 1.165) is 5.56 Å². The molecule has 4 nitrogen and oxygen atoms in total. The van der Waals surface area contributed by atoms with Gasteiger partial charge in [0.1, 0.15) is 4.60 Å². The van der Waals surface area contributed by atoms with Gasteiger partial charge in [-0.05, 0) is 46.6 Å². The van der Waals surface area contributed by atoms with E-state index >= 15 is 0 Å². The third-order valence-electron chi connectivity index (χ3n) is 2.28. The first-order valence-corrected chi connectivity index (χ1v) is 6.28. The van der Waals surface area contributed by atoms with Crippen molar-refractivity contribution >= 4 is 39.3 Å². The first kappa shape index (κ1) is 13.0. The first-order chi connectivity index (χ1) is 8.56. The fourth-order valence-electron chi connectivity index (χ4n) is 1.35. The Morgan fingerprint density at radius 1 is 1.33 bits per heavy atom. The van der Waals surface area contributed by atoms with Crippen molar-refractivity contribution in [3.05, 3.63) is 51.3 Å². The average Bonchev–Trinajstić information content (AvgIpc) is 2.35. The number of carbonyl (C=O) groups excluding carboxylic acids is 1. The molecule has 2 aromatic rings. The highest BCUT2D eigenvalue weighted by atomic mass is 79.9. The number of halogens is 2. The van der Waals surface area contributed by atoms with Crippen LogP contribution >= 0.6 is 27.5 Å². The molecule has 0 unspecified atom stereocenters. The van der Waals surface area contributed by atoms with Crippen molar-refractivity contribution in [2.24, 2.45) is 0 Å². The van der Waals surface area contributed by atoms with E-state index in [-0.39, 0.29) is 5.91 Å². The highest BCUT2D eigenvalue weighted by Crippen LogP contribution is 2.17. The number of nitrogens with one attached hydrogen (secondary N) is 1. The van der Waals surface area contributed by atoms with Crippen molar-refractivity contribution in [2.75, 3.05) is 5.32 Å². The van der Waals surface area contributed by atoms with Crippen LogP contribution in [-0.4, -0.2) is 15.9 Å². The summed E-state index contributed by atoms with van der Waals surface area (Å²) in [6, 6.07) is 5.08. The lowest BCUT2D eigenvalue weighted by Crippen LogP contribution is -2.13. The molecule has 0 aliphatic carbocycles. The second kappa shape index (κ2) is 5.46. The number of rotatable bonds is 2. The number of hydrogen-bond acceptors (Lipinski definition) is 3. The molecule has 1 heterocycles. The van der Waals surface area contributed by atoms with E-state index in [1.54, 1.807) is 18.2 Å². The summed E-state index contributed by atoms with van der Waals surface area (Å²) < 4.78 is 0.614. The van der Waals surface area contributed by atoms with Gasteiger partial charge >= 0.3 is 0 Å². The molecule has 1 aromatic carbocycles. The lowest BCUT2D eigenvalue weighted by molar-refractivity contribution is 0.102. The normalized spacial score (nSPS) is 10.2. The Hall–Kier alpha value is -1.46. The molecule has 1 amide bonds. The van der Waals surface area contributed by atoms with Crippen LogP contribution < -0.4 is 5.32 Å². The Morgan fingerprint density at radius 2 is 2.11 bits per heavy atom. The zero-order chi connectivity index (χ0) is 13.1. The molecular formula is C12H9BrClN3O. The van der Waals surface area contributed by atoms with Crippen LogP contribution in [0.2, 0.25) is 5.02 Å². The summed E-state index contributed by atoms with van der Waals surface area (Å²) in [5.41, 5.74) is 1.38. The van der Waals surface area contributed by atoms with E-state index in [9.17, 15) is 4.79 Å². The number of amides is 1. The maximum atomic E-state index is 11.9. The Labute approximate surface area is 118 Å². The fourth-order valence-corrected chi connectivity index (χ4v) is 1.67. The number of aryl methyl sites for hydroxylation is 1. The summed E-state index contributed by atoms with van der Waals surface area (Å²) in [4.78, 5) is 19.9. The molecule has 0 saturated heterocycles. The predicted molar refractivity (Wildman–Crippen MR) is 73.9 cm³/mol. The number of aromatic nitrogens is 2. The van der Waals surface area contributed by atoms with Crippen molar-refractivity contribution < 1.29 is 4.79 Å². The number of hydrogen-bond donors (Lipinski definition) is 1. The molecule has 2 rings (SSSR count). The Kier molecular flexibility index (Phi) is 3.93. The zero-order valence-corrected chi connectivity index (χ0v) is 11.8. The Bertz CT molecular complexity index is 586. The summed E-state index contributed by atoms with van der Waals surface area (Å²) in [5.74, 6) is 0.155. The van der Waals surface area contributed by atoms with Crippen molar-refractivity contribution in [3.63, 3.8) is 0 Å². The maximum absolute atomic E-state index is 11.9. The van der Waals surface area contributed by atoms with Crippen molar-refractivity contribution in [2.45, 2.75) is 6.92 Å². The van der Waals surface area contributed by atoms with Gasteiger partial charge in [-0.2, -0.15) is 0 Å². The monoisotopic (exact) mass is 325 g/mol. The third-order valence-corrected chi connectivity index (χ3v) is 3.12. The molecule has 1 N–H and O–H groups in total. The molecule has 0 saturated carbocycles. The number of carbonyl (C=O) groups is 1. The van der Waals surface area contributed by atoms with Gasteiger partial charge in [-0.1, -0.05) is 11.6 Å². The largest absolute Gasteiger partial charge is 0.305 e. The summed E-state index contributed by atoms with van der Waals surface area (Å²) in [6.45, 7) is 1.85. The molecule has 0 radical (unpaired) electrons. The fraction of sp³-hybridized carbons (Fsp3) is 0.0833. The molecule has 0 atom stereocenters. The van der Waals surface area contributed by atoms with Gasteiger partial charge in [-0.15, -0.1) is 0 Å². The SMILES string of the molecule is Cc1cc(C(=O)Nc2cnc(Br)cn2)ccc1Cl. The minimum Gasteiger partial charge on any atom is -0.305 e. The maximum Gasteiger partial charge on any atom is 0.256 e. The summed E-state index contributed by atoms with van der Waals surface area (Å²) in [7, 11) is 0. The quantitative estimate of drug-likeness (QED) is 0.919. The van der Waals surface area contributed by atoms with Gasteiger partial charge in [0.25, 0.3) is 5.91 Å². The highest BCUT2D eigenvalue weighted by Gasteiger charge is 2.08. The number of benzene rings is 1. The molecule has 92 valence electrons. The van der Waals surface area contributed by atoms with Crippen LogP contribution in [-0.2, 0) is 0 Å². The smallest absolute Gasteiger partial charge is 0.256 e. The van der Waals surface area contributed by atoms with Crippen LogP contribution in [0.4, 0.5) is 5.82 Å². The van der Waals surface area contributed by atoms with Crippen molar-refractivity contribution in [3.8, 4) is 0 Å². The van der Waals surface area contributed by atoms with Gasteiger partial charge in [-0.3, -0.25) is 4.79 Å². The summed E-state index contributed by atoms with van der Waals surface area (Å²) >= 11 is 9.08. The standard InChI is InChI=1S/C12H9BrClN3O/c1-7-4-8(2-3-9(7)14)12(18)17-11-6-15-10(13)5-16-11/h2-6H,1H3,(H,16,17,18). The second-order valence-corrected chi connectivity index (χ2v) is 4.86. The van der Waals surface area contributed by atoms with E-state index in [1.807, 2.05) is 6.92 Å². The number of nitrogens with zero attached hydrogens (tertiary/aromatic N) is 2. The van der Waals surface area contributed by atoms with Gasteiger partial charge in [0.15, 0.2) is 5.82 Å². The molecule has 1 aromatic heterocycles. The third kappa shape index (κ3) is 3.05. The predicted octanol–water partition coefficient (Wildman–Crippen LogP) is 3.45. The molecular weight excluding hydrogens is 318 g/mol. The van der Waals surface area contributed by atoms with E-state index in [1.165, 1.54) is 12.4 Å². The Morgan fingerprint density at radius 3 is 2.72 bits per heavy atom. The topological polar surface area (TPSA) is 54.9 Å².